The Morgan fingerprint density at radius 3 is 2.44 bits per heavy atom. The Bertz CT molecular complexity index is 660. The quantitative estimate of drug-likeness (QED) is 0.559. The number of benzene rings is 1. The highest BCUT2D eigenvalue weighted by atomic mass is 32.1. The largest absolute Gasteiger partial charge is 0.261 e. The Morgan fingerprint density at radius 2 is 1.81 bits per heavy atom. The minimum absolute atomic E-state index is 0.862. The fourth-order valence-electron chi connectivity index (χ4n) is 2.04. The van der Waals surface area contributed by atoms with Crippen LogP contribution in [0.15, 0.2) is 29.3 Å². The van der Waals surface area contributed by atoms with Crippen molar-refractivity contribution in [3.05, 3.63) is 44.1 Å². The average molecular weight is 249 g/mol. The van der Waals surface area contributed by atoms with Gasteiger partial charge in [-0.3, -0.25) is 14.4 Å². The van der Waals surface area contributed by atoms with Crippen LogP contribution in [0.4, 0.5) is 0 Å². The molecule has 0 saturated carbocycles. The molecule has 0 atom stereocenters. The second kappa shape index (κ2) is 3.68. The molecule has 0 aliphatic carbocycles. The monoisotopic (exact) mass is 249 g/mol. The molecule has 0 spiro atoms. The van der Waals surface area contributed by atoms with E-state index in [1.165, 1.54) is 11.1 Å². The van der Waals surface area contributed by atoms with Gasteiger partial charge in [0, 0.05) is 7.05 Å². The number of hydrogen-bond donors (Lipinski definition) is 0. The minimum atomic E-state index is 0.862. The molecule has 1 aliphatic rings. The molecule has 2 heterocycles. The minimum Gasteiger partial charge on any atom is -0.261 e. The summed E-state index contributed by atoms with van der Waals surface area (Å²) in [6.07, 6.45) is 0. The number of hydrogen-bond acceptors (Lipinski definition) is 3. The fourth-order valence-corrected chi connectivity index (χ4v) is 3.21. The zero-order valence-corrected chi connectivity index (χ0v) is 10.5. The molecule has 0 radical (unpaired) electrons. The van der Waals surface area contributed by atoms with Gasteiger partial charge in [0.05, 0.1) is 13.1 Å². The van der Waals surface area contributed by atoms with E-state index in [1.807, 2.05) is 7.05 Å². The van der Waals surface area contributed by atoms with Gasteiger partial charge in [0.15, 0.2) is 3.95 Å². The third-order valence-corrected chi connectivity index (χ3v) is 4.27. The lowest BCUT2D eigenvalue weighted by Gasteiger charge is -2.20. The van der Waals surface area contributed by atoms with Crippen LogP contribution in [0.25, 0.3) is 0 Å². The van der Waals surface area contributed by atoms with Crippen LogP contribution < -0.4 is 4.80 Å². The van der Waals surface area contributed by atoms with Crippen LogP contribution >= 0.6 is 23.6 Å². The van der Waals surface area contributed by atoms with E-state index in [9.17, 15) is 0 Å². The molecular weight excluding hydrogens is 238 g/mol. The van der Waals surface area contributed by atoms with Gasteiger partial charge in [0.1, 0.15) is 0 Å². The molecule has 2 aromatic rings. The lowest BCUT2D eigenvalue weighted by Crippen LogP contribution is -2.29. The number of fused-ring (bicyclic) bond motifs is 2. The van der Waals surface area contributed by atoms with E-state index >= 15 is 0 Å². The van der Waals surface area contributed by atoms with Gasteiger partial charge in [-0.25, -0.2) is 0 Å². The summed E-state index contributed by atoms with van der Waals surface area (Å²) >= 11 is 6.93. The van der Waals surface area contributed by atoms with E-state index in [0.29, 0.717) is 0 Å². The van der Waals surface area contributed by atoms with E-state index in [1.54, 1.807) is 11.3 Å². The zero-order valence-electron chi connectivity index (χ0n) is 8.88. The van der Waals surface area contributed by atoms with E-state index in [4.69, 9.17) is 12.2 Å². The van der Waals surface area contributed by atoms with Gasteiger partial charge in [-0.2, -0.15) is 0 Å². The van der Waals surface area contributed by atoms with Crippen molar-refractivity contribution >= 4 is 23.6 Å². The van der Waals surface area contributed by atoms with Crippen LogP contribution in [0.5, 0.6) is 0 Å². The predicted octanol–water partition coefficient (Wildman–Crippen LogP) is 2.02. The van der Waals surface area contributed by atoms with E-state index < -0.39 is 0 Å². The zero-order chi connectivity index (χ0) is 11.1. The molecule has 3 rings (SSSR count). The van der Waals surface area contributed by atoms with Crippen molar-refractivity contribution in [2.24, 2.45) is 4.99 Å². The molecule has 1 aromatic heterocycles. The van der Waals surface area contributed by atoms with E-state index in [0.717, 1.165) is 21.8 Å². The van der Waals surface area contributed by atoms with Gasteiger partial charge < -0.3 is 0 Å². The van der Waals surface area contributed by atoms with E-state index in [2.05, 4.69) is 38.6 Å². The Labute approximate surface area is 102 Å². The van der Waals surface area contributed by atoms with Crippen LogP contribution in [0.3, 0.4) is 0 Å². The van der Waals surface area contributed by atoms with Crippen molar-refractivity contribution < 1.29 is 0 Å². The maximum absolute atomic E-state index is 5.36. The first-order valence-electron chi connectivity index (χ1n) is 5.10. The van der Waals surface area contributed by atoms with Crippen LogP contribution in [0.1, 0.15) is 11.1 Å². The summed E-state index contributed by atoms with van der Waals surface area (Å²) in [5, 5.41) is 0. The molecule has 1 aromatic carbocycles. The molecule has 0 saturated heterocycles. The van der Waals surface area contributed by atoms with Crippen LogP contribution in [-0.2, 0) is 13.1 Å². The summed E-state index contributed by atoms with van der Waals surface area (Å²) in [6.45, 7) is 1.73. The van der Waals surface area contributed by atoms with Gasteiger partial charge in [-0.1, -0.05) is 35.6 Å². The molecule has 5 heteroatoms. The van der Waals surface area contributed by atoms with Crippen molar-refractivity contribution in [2.45, 2.75) is 13.1 Å². The Morgan fingerprint density at radius 1 is 1.19 bits per heavy atom. The maximum Gasteiger partial charge on any atom is 0.202 e. The molecule has 0 fully saturated rings. The molecule has 82 valence electrons. The first-order chi connectivity index (χ1) is 7.79. The normalized spacial score (nSPS) is 14.7. The molecule has 0 amide bonds. The van der Waals surface area contributed by atoms with Crippen molar-refractivity contribution in [2.75, 3.05) is 7.05 Å². The second-order valence-electron chi connectivity index (χ2n) is 3.76. The molecule has 1 aliphatic heterocycles. The van der Waals surface area contributed by atoms with E-state index in [-0.39, 0.29) is 0 Å². The maximum atomic E-state index is 5.36. The Hall–Kier alpha value is -1.20. The highest BCUT2D eigenvalue weighted by Crippen LogP contribution is 2.17. The molecule has 16 heavy (non-hydrogen) atoms. The van der Waals surface area contributed by atoms with Gasteiger partial charge in [0.25, 0.3) is 0 Å². The first-order valence-corrected chi connectivity index (χ1v) is 6.32. The third kappa shape index (κ3) is 1.39. The molecule has 0 bridgehead atoms. The smallest absolute Gasteiger partial charge is 0.202 e. The average Bonchev–Trinajstić information content (AvgIpc) is 2.63. The Kier molecular flexibility index (Phi) is 2.29. The van der Waals surface area contributed by atoms with Gasteiger partial charge in [-0.05, 0) is 23.3 Å². The highest BCUT2D eigenvalue weighted by molar-refractivity contribution is 7.73. The molecule has 0 N–H and O–H groups in total. The lowest BCUT2D eigenvalue weighted by atomic mass is 10.1. The number of rotatable bonds is 0. The van der Waals surface area contributed by atoms with Crippen LogP contribution in [0.2, 0.25) is 0 Å². The van der Waals surface area contributed by atoms with Crippen molar-refractivity contribution in [1.82, 2.24) is 9.36 Å². The molecule has 3 nitrogen and oxygen atoms in total. The molecular formula is C11H11N3S2. The standard InChI is InChI=1S/C11H11N3S2/c1-12-10-13-6-8-4-2-3-5-9(8)7-14(13)11(15)16-10/h2-5H,6-7H2,1H3. The first kappa shape index (κ1) is 9.99. The Balaban J connectivity index is 2.25. The summed E-state index contributed by atoms with van der Waals surface area (Å²) in [5.41, 5.74) is 2.73. The lowest BCUT2D eigenvalue weighted by molar-refractivity contribution is 0.463. The summed E-state index contributed by atoms with van der Waals surface area (Å²) in [4.78, 5) is 5.27. The van der Waals surface area contributed by atoms with Crippen LogP contribution in [0, 0.1) is 3.95 Å². The highest BCUT2D eigenvalue weighted by Gasteiger charge is 2.15. The topological polar surface area (TPSA) is 22.2 Å². The van der Waals surface area contributed by atoms with Crippen molar-refractivity contribution in [1.29, 1.82) is 0 Å². The SMILES string of the molecule is CN=c1sc(=S)n2n1Cc1ccccc1C2. The fraction of sp³-hybridized carbons (Fsp3) is 0.273. The second-order valence-corrected chi connectivity index (χ2v) is 5.36. The number of nitrogens with zero attached hydrogens (tertiary/aromatic N) is 3. The van der Waals surface area contributed by atoms with Crippen molar-refractivity contribution in [3.63, 3.8) is 0 Å². The van der Waals surface area contributed by atoms with Gasteiger partial charge in [-0.15, -0.1) is 0 Å². The van der Waals surface area contributed by atoms with Crippen LogP contribution in [-0.4, -0.2) is 16.4 Å². The summed E-state index contributed by atoms with van der Waals surface area (Å²) in [7, 11) is 1.81. The summed E-state index contributed by atoms with van der Waals surface area (Å²) in [6, 6.07) is 8.50. The predicted molar refractivity (Wildman–Crippen MR) is 67.3 cm³/mol. The van der Waals surface area contributed by atoms with Gasteiger partial charge >= 0.3 is 0 Å². The molecule has 0 unspecified atom stereocenters. The third-order valence-electron chi connectivity index (χ3n) is 2.85. The summed E-state index contributed by atoms with van der Waals surface area (Å²) in [5.74, 6) is 0. The summed E-state index contributed by atoms with van der Waals surface area (Å²) < 4.78 is 5.19. The van der Waals surface area contributed by atoms with Crippen molar-refractivity contribution in [3.8, 4) is 0 Å². The van der Waals surface area contributed by atoms with Gasteiger partial charge in [0.2, 0.25) is 4.80 Å². The number of aromatic nitrogens is 2.